The van der Waals surface area contributed by atoms with Gasteiger partial charge >= 0.3 is 0 Å². The maximum atomic E-state index is 3.58. The summed E-state index contributed by atoms with van der Waals surface area (Å²) in [6, 6.07) is 19.5. The molecule has 0 aromatic heterocycles. The fourth-order valence-corrected chi connectivity index (χ4v) is 3.86. The topological polar surface area (TPSA) is 15.3 Å². The molecule has 1 aliphatic heterocycles. The minimum absolute atomic E-state index is 1.05. The average Bonchev–Trinajstić information content (AvgIpc) is 2.78. The van der Waals surface area contributed by atoms with Crippen molar-refractivity contribution in [3.8, 4) is 0 Å². The van der Waals surface area contributed by atoms with E-state index in [2.05, 4.69) is 64.8 Å². The molecule has 22 heavy (non-hydrogen) atoms. The van der Waals surface area contributed by atoms with E-state index in [1.54, 1.807) is 0 Å². The number of para-hydroxylation sites is 1. The molecule has 0 amide bonds. The van der Waals surface area contributed by atoms with Gasteiger partial charge in [-0.2, -0.15) is 0 Å². The second-order valence-electron chi connectivity index (χ2n) is 5.64. The minimum atomic E-state index is 1.05. The Bertz CT molecular complexity index is 571. The molecule has 116 valence electrons. The van der Waals surface area contributed by atoms with Crippen molar-refractivity contribution in [1.29, 1.82) is 0 Å². The summed E-state index contributed by atoms with van der Waals surface area (Å²) in [5, 5.41) is 3.58. The average molecular weight is 312 g/mol. The van der Waals surface area contributed by atoms with Crippen LogP contribution in [-0.4, -0.2) is 31.9 Å². The number of thioether (sulfide) groups is 1. The molecule has 0 saturated heterocycles. The molecule has 0 saturated carbocycles. The second kappa shape index (κ2) is 8.25. The Kier molecular flexibility index (Phi) is 5.79. The predicted octanol–water partition coefficient (Wildman–Crippen LogP) is 3.82. The molecule has 2 nitrogen and oxygen atoms in total. The van der Waals surface area contributed by atoms with E-state index in [1.807, 2.05) is 11.8 Å². The zero-order valence-electron chi connectivity index (χ0n) is 13.0. The molecule has 1 aliphatic rings. The van der Waals surface area contributed by atoms with E-state index < -0.39 is 0 Å². The van der Waals surface area contributed by atoms with Crippen LogP contribution in [-0.2, 0) is 6.42 Å². The van der Waals surface area contributed by atoms with Gasteiger partial charge in [-0.25, -0.2) is 0 Å². The summed E-state index contributed by atoms with van der Waals surface area (Å²) < 4.78 is 0. The highest BCUT2D eigenvalue weighted by molar-refractivity contribution is 7.99. The smallest absolute Gasteiger partial charge is 0.0504 e. The third kappa shape index (κ3) is 4.28. The zero-order chi connectivity index (χ0) is 15.0. The van der Waals surface area contributed by atoms with Gasteiger partial charge in [0.1, 0.15) is 0 Å². The summed E-state index contributed by atoms with van der Waals surface area (Å²) in [5.74, 6) is 1.23. The van der Waals surface area contributed by atoms with Crippen molar-refractivity contribution in [3.63, 3.8) is 0 Å². The molecule has 0 spiro atoms. The van der Waals surface area contributed by atoms with Crippen molar-refractivity contribution in [1.82, 2.24) is 5.32 Å². The van der Waals surface area contributed by atoms with Gasteiger partial charge in [0.05, 0.1) is 5.69 Å². The van der Waals surface area contributed by atoms with Crippen molar-refractivity contribution >= 4 is 17.4 Å². The molecule has 3 rings (SSSR count). The number of anilines is 1. The molecule has 1 N–H and O–H groups in total. The highest BCUT2D eigenvalue weighted by Gasteiger charge is 2.14. The monoisotopic (exact) mass is 312 g/mol. The van der Waals surface area contributed by atoms with Gasteiger partial charge in [0.15, 0.2) is 0 Å². The Morgan fingerprint density at radius 3 is 2.68 bits per heavy atom. The lowest BCUT2D eigenvalue weighted by Gasteiger charge is -2.24. The highest BCUT2D eigenvalue weighted by atomic mass is 32.2. The summed E-state index contributed by atoms with van der Waals surface area (Å²) in [7, 11) is 0. The van der Waals surface area contributed by atoms with Gasteiger partial charge in [-0.05, 0) is 42.8 Å². The summed E-state index contributed by atoms with van der Waals surface area (Å²) in [6.45, 7) is 4.36. The standard InChI is InChI=1S/C19H24N2S/c1-2-7-17(8-3-1)11-12-20-13-15-21-14-6-16-22-19-10-5-4-9-18(19)21/h1-5,7-10,20H,6,11-16H2. The Labute approximate surface area is 137 Å². The number of hydrogen-bond donors (Lipinski definition) is 1. The first kappa shape index (κ1) is 15.4. The summed E-state index contributed by atoms with van der Waals surface area (Å²) in [6.07, 6.45) is 2.37. The molecule has 0 bridgehead atoms. The van der Waals surface area contributed by atoms with Crippen LogP contribution in [0.25, 0.3) is 0 Å². The lowest BCUT2D eigenvalue weighted by molar-refractivity contribution is 0.652. The van der Waals surface area contributed by atoms with Gasteiger partial charge in [-0.15, -0.1) is 11.8 Å². The van der Waals surface area contributed by atoms with Gasteiger partial charge < -0.3 is 10.2 Å². The van der Waals surface area contributed by atoms with E-state index in [4.69, 9.17) is 0 Å². The van der Waals surface area contributed by atoms with Crippen LogP contribution in [0.15, 0.2) is 59.5 Å². The lowest BCUT2D eigenvalue weighted by Crippen LogP contribution is -2.33. The predicted molar refractivity (Wildman–Crippen MR) is 97.0 cm³/mol. The van der Waals surface area contributed by atoms with E-state index in [1.165, 1.54) is 34.9 Å². The first-order valence-electron chi connectivity index (χ1n) is 8.15. The van der Waals surface area contributed by atoms with Crippen molar-refractivity contribution in [2.45, 2.75) is 17.7 Å². The molecule has 2 aromatic rings. The van der Waals surface area contributed by atoms with E-state index in [0.29, 0.717) is 0 Å². The van der Waals surface area contributed by atoms with Crippen LogP contribution in [0, 0.1) is 0 Å². The molecule has 3 heteroatoms. The molecule has 0 fully saturated rings. The molecule has 1 heterocycles. The van der Waals surface area contributed by atoms with Gasteiger partial charge in [-0.1, -0.05) is 42.5 Å². The normalized spacial score (nSPS) is 14.5. The fourth-order valence-electron chi connectivity index (χ4n) is 2.85. The van der Waals surface area contributed by atoms with Crippen LogP contribution in [0.2, 0.25) is 0 Å². The molecule has 0 aliphatic carbocycles. The molecular weight excluding hydrogens is 288 g/mol. The van der Waals surface area contributed by atoms with E-state index in [-0.39, 0.29) is 0 Å². The Balaban J connectivity index is 1.45. The number of hydrogen-bond acceptors (Lipinski definition) is 3. The molecule has 0 radical (unpaired) electrons. The third-order valence-electron chi connectivity index (χ3n) is 4.03. The first-order valence-corrected chi connectivity index (χ1v) is 9.13. The highest BCUT2D eigenvalue weighted by Crippen LogP contribution is 2.33. The number of nitrogens with zero attached hydrogens (tertiary/aromatic N) is 1. The number of nitrogens with one attached hydrogen (secondary N) is 1. The quantitative estimate of drug-likeness (QED) is 0.816. The molecule has 2 aromatic carbocycles. The Hall–Kier alpha value is -1.45. The van der Waals surface area contributed by atoms with E-state index in [0.717, 1.165) is 26.1 Å². The summed E-state index contributed by atoms with van der Waals surface area (Å²) in [4.78, 5) is 3.97. The van der Waals surface area contributed by atoms with Crippen LogP contribution in [0.3, 0.4) is 0 Å². The zero-order valence-corrected chi connectivity index (χ0v) is 13.8. The van der Waals surface area contributed by atoms with Gasteiger partial charge in [0.2, 0.25) is 0 Å². The maximum absolute atomic E-state index is 3.58. The van der Waals surface area contributed by atoms with Crippen molar-refractivity contribution < 1.29 is 0 Å². The molecule has 0 atom stereocenters. The van der Waals surface area contributed by atoms with E-state index in [9.17, 15) is 0 Å². The molecular formula is C19H24N2S. The Morgan fingerprint density at radius 2 is 1.77 bits per heavy atom. The van der Waals surface area contributed by atoms with Gasteiger partial charge in [-0.3, -0.25) is 0 Å². The third-order valence-corrected chi connectivity index (χ3v) is 5.18. The number of rotatable bonds is 6. The van der Waals surface area contributed by atoms with Crippen molar-refractivity contribution in [3.05, 3.63) is 60.2 Å². The van der Waals surface area contributed by atoms with Gasteiger partial charge in [0.25, 0.3) is 0 Å². The summed E-state index contributed by atoms with van der Waals surface area (Å²) >= 11 is 1.99. The van der Waals surface area contributed by atoms with Crippen LogP contribution >= 0.6 is 11.8 Å². The number of benzene rings is 2. The number of fused-ring (bicyclic) bond motifs is 1. The first-order chi connectivity index (χ1) is 10.9. The van der Waals surface area contributed by atoms with Gasteiger partial charge in [0, 0.05) is 24.5 Å². The summed E-state index contributed by atoms with van der Waals surface area (Å²) in [5.41, 5.74) is 2.82. The fraction of sp³-hybridized carbons (Fsp3) is 0.368. The SMILES string of the molecule is c1ccc(CCNCCN2CCCSc3ccccc32)cc1. The van der Waals surface area contributed by atoms with Crippen LogP contribution < -0.4 is 10.2 Å². The van der Waals surface area contributed by atoms with Crippen LogP contribution in [0.4, 0.5) is 5.69 Å². The molecule has 0 unspecified atom stereocenters. The van der Waals surface area contributed by atoms with Crippen LogP contribution in [0.1, 0.15) is 12.0 Å². The van der Waals surface area contributed by atoms with Crippen molar-refractivity contribution in [2.24, 2.45) is 0 Å². The minimum Gasteiger partial charge on any atom is -0.369 e. The van der Waals surface area contributed by atoms with Crippen LogP contribution in [0.5, 0.6) is 0 Å². The van der Waals surface area contributed by atoms with E-state index >= 15 is 0 Å². The van der Waals surface area contributed by atoms with Crippen molar-refractivity contribution in [2.75, 3.05) is 36.8 Å². The largest absolute Gasteiger partial charge is 0.369 e. The maximum Gasteiger partial charge on any atom is 0.0504 e. The Morgan fingerprint density at radius 1 is 0.955 bits per heavy atom. The lowest BCUT2D eigenvalue weighted by atomic mass is 10.1. The second-order valence-corrected chi connectivity index (χ2v) is 6.78.